The average molecular weight is 247 g/mol. The minimum Gasteiger partial charge on any atom is -0.480 e. The van der Waals surface area contributed by atoms with Crippen LogP contribution in [-0.2, 0) is 0 Å². The standard InChI is InChI=1S/C10H11F2NO4/c1-10(11,12)5-17-7-4-3-6(9(14)15)8(13-7)16-2/h3-4H,5H2,1-2H3,(H,14,15). The predicted molar refractivity (Wildman–Crippen MR) is 53.9 cm³/mol. The second kappa shape index (κ2) is 4.94. The molecule has 1 heterocycles. The molecular formula is C10H11F2NO4. The fourth-order valence-electron chi connectivity index (χ4n) is 1.02. The molecule has 17 heavy (non-hydrogen) atoms. The molecule has 1 aromatic rings. The molecule has 0 aromatic carbocycles. The lowest BCUT2D eigenvalue weighted by atomic mass is 10.3. The van der Waals surface area contributed by atoms with Gasteiger partial charge in [-0.2, -0.15) is 4.98 Å². The van der Waals surface area contributed by atoms with Crippen LogP contribution in [0.2, 0.25) is 0 Å². The summed E-state index contributed by atoms with van der Waals surface area (Å²) in [6, 6.07) is 2.37. The first kappa shape index (κ1) is 13.1. The van der Waals surface area contributed by atoms with Crippen LogP contribution in [0.15, 0.2) is 12.1 Å². The van der Waals surface area contributed by atoms with Crippen molar-refractivity contribution in [3.05, 3.63) is 17.7 Å². The summed E-state index contributed by atoms with van der Waals surface area (Å²) in [7, 11) is 1.23. The Balaban J connectivity index is 2.87. The zero-order valence-corrected chi connectivity index (χ0v) is 9.24. The van der Waals surface area contributed by atoms with Gasteiger partial charge in [0, 0.05) is 13.0 Å². The lowest BCUT2D eigenvalue weighted by Gasteiger charge is -2.12. The van der Waals surface area contributed by atoms with Crippen LogP contribution in [-0.4, -0.2) is 35.7 Å². The monoisotopic (exact) mass is 247 g/mol. The summed E-state index contributed by atoms with van der Waals surface area (Å²) < 4.78 is 34.5. The number of carbonyl (C=O) groups is 1. The van der Waals surface area contributed by atoms with E-state index >= 15 is 0 Å². The molecule has 0 aliphatic rings. The van der Waals surface area contributed by atoms with Gasteiger partial charge in [0.05, 0.1) is 7.11 Å². The molecule has 1 aromatic heterocycles. The normalized spacial score (nSPS) is 11.1. The molecule has 0 aliphatic carbocycles. The average Bonchev–Trinajstić information content (AvgIpc) is 2.24. The maximum Gasteiger partial charge on any atom is 0.341 e. The number of carboxylic acids is 1. The van der Waals surface area contributed by atoms with Gasteiger partial charge in [0.15, 0.2) is 6.61 Å². The smallest absolute Gasteiger partial charge is 0.341 e. The first-order valence-electron chi connectivity index (χ1n) is 4.62. The number of hydrogen-bond donors (Lipinski definition) is 1. The minimum atomic E-state index is -2.99. The van der Waals surface area contributed by atoms with Crippen molar-refractivity contribution in [2.75, 3.05) is 13.7 Å². The van der Waals surface area contributed by atoms with Crippen LogP contribution in [0.4, 0.5) is 8.78 Å². The number of ether oxygens (including phenoxy) is 2. The van der Waals surface area contributed by atoms with Crippen molar-refractivity contribution in [2.24, 2.45) is 0 Å². The van der Waals surface area contributed by atoms with Crippen LogP contribution in [0.25, 0.3) is 0 Å². The number of nitrogens with zero attached hydrogens (tertiary/aromatic N) is 1. The molecule has 94 valence electrons. The molecule has 0 aliphatic heterocycles. The Bertz CT molecular complexity index is 417. The second-order valence-corrected chi connectivity index (χ2v) is 3.37. The maximum absolute atomic E-state index is 12.5. The zero-order chi connectivity index (χ0) is 13.1. The number of rotatable bonds is 5. The Hall–Kier alpha value is -1.92. The number of aromatic nitrogens is 1. The van der Waals surface area contributed by atoms with E-state index in [1.165, 1.54) is 19.2 Å². The van der Waals surface area contributed by atoms with E-state index < -0.39 is 18.5 Å². The van der Waals surface area contributed by atoms with Gasteiger partial charge in [0.1, 0.15) is 5.56 Å². The summed E-state index contributed by atoms with van der Waals surface area (Å²) in [5.41, 5.74) is -0.164. The zero-order valence-electron chi connectivity index (χ0n) is 9.24. The molecule has 0 unspecified atom stereocenters. The Morgan fingerprint density at radius 2 is 2.18 bits per heavy atom. The molecule has 5 nitrogen and oxygen atoms in total. The first-order chi connectivity index (χ1) is 7.83. The first-order valence-corrected chi connectivity index (χ1v) is 4.62. The van der Waals surface area contributed by atoms with E-state index in [0.29, 0.717) is 6.92 Å². The van der Waals surface area contributed by atoms with Gasteiger partial charge in [-0.3, -0.25) is 0 Å². The van der Waals surface area contributed by atoms with Crippen LogP contribution >= 0.6 is 0 Å². The van der Waals surface area contributed by atoms with E-state index in [9.17, 15) is 13.6 Å². The van der Waals surface area contributed by atoms with Crippen LogP contribution < -0.4 is 9.47 Å². The summed E-state index contributed by atoms with van der Waals surface area (Å²) >= 11 is 0. The third-order valence-electron chi connectivity index (χ3n) is 1.73. The van der Waals surface area contributed by atoms with Crippen LogP contribution in [0.5, 0.6) is 11.8 Å². The Morgan fingerprint density at radius 1 is 1.53 bits per heavy atom. The van der Waals surface area contributed by atoms with Crippen molar-refractivity contribution in [2.45, 2.75) is 12.8 Å². The Labute approximate surface area is 96.0 Å². The summed E-state index contributed by atoms with van der Waals surface area (Å²) in [5, 5.41) is 8.77. The van der Waals surface area contributed by atoms with Gasteiger partial charge in [-0.05, 0) is 6.07 Å². The third-order valence-corrected chi connectivity index (χ3v) is 1.73. The van der Waals surface area contributed by atoms with Gasteiger partial charge in [0.2, 0.25) is 11.8 Å². The lowest BCUT2D eigenvalue weighted by molar-refractivity contribution is -0.0244. The molecule has 0 fully saturated rings. The fourth-order valence-corrected chi connectivity index (χ4v) is 1.02. The molecule has 0 saturated heterocycles. The van der Waals surface area contributed by atoms with E-state index in [1.807, 2.05) is 0 Å². The van der Waals surface area contributed by atoms with Crippen LogP contribution in [0.3, 0.4) is 0 Å². The van der Waals surface area contributed by atoms with Crippen LogP contribution in [0.1, 0.15) is 17.3 Å². The van der Waals surface area contributed by atoms with Crippen molar-refractivity contribution in [1.29, 1.82) is 0 Å². The van der Waals surface area contributed by atoms with Crippen molar-refractivity contribution in [3.63, 3.8) is 0 Å². The van der Waals surface area contributed by atoms with Gasteiger partial charge in [-0.15, -0.1) is 0 Å². The molecule has 0 bridgehead atoms. The Kier molecular flexibility index (Phi) is 3.82. The van der Waals surface area contributed by atoms with Crippen molar-refractivity contribution in [1.82, 2.24) is 4.98 Å². The number of aromatic carboxylic acids is 1. The maximum atomic E-state index is 12.5. The predicted octanol–water partition coefficient (Wildman–Crippen LogP) is 1.82. The highest BCUT2D eigenvalue weighted by Gasteiger charge is 2.23. The molecule has 0 spiro atoms. The van der Waals surface area contributed by atoms with Gasteiger partial charge in [0.25, 0.3) is 5.92 Å². The van der Waals surface area contributed by atoms with Gasteiger partial charge in [-0.1, -0.05) is 0 Å². The van der Waals surface area contributed by atoms with E-state index in [0.717, 1.165) is 0 Å². The molecule has 7 heteroatoms. The van der Waals surface area contributed by atoms with Crippen LogP contribution in [0, 0.1) is 0 Å². The van der Waals surface area contributed by atoms with E-state index in [4.69, 9.17) is 14.6 Å². The fraction of sp³-hybridized carbons (Fsp3) is 0.400. The summed E-state index contributed by atoms with van der Waals surface area (Å²) in [4.78, 5) is 14.4. The molecule has 0 amide bonds. The lowest BCUT2D eigenvalue weighted by Crippen LogP contribution is -2.21. The van der Waals surface area contributed by atoms with E-state index in [1.54, 1.807) is 0 Å². The molecule has 0 radical (unpaired) electrons. The Morgan fingerprint density at radius 3 is 2.65 bits per heavy atom. The largest absolute Gasteiger partial charge is 0.480 e. The number of methoxy groups -OCH3 is 1. The van der Waals surface area contributed by atoms with Crippen molar-refractivity contribution >= 4 is 5.97 Å². The van der Waals surface area contributed by atoms with Crippen molar-refractivity contribution in [3.8, 4) is 11.8 Å². The van der Waals surface area contributed by atoms with E-state index in [-0.39, 0.29) is 17.3 Å². The number of halogens is 2. The number of pyridine rings is 1. The minimum absolute atomic E-state index is 0.117. The molecular weight excluding hydrogens is 236 g/mol. The molecule has 0 atom stereocenters. The summed E-state index contributed by atoms with van der Waals surface area (Å²) in [6.45, 7) is -0.134. The highest BCUT2D eigenvalue weighted by molar-refractivity contribution is 5.90. The van der Waals surface area contributed by atoms with Crippen molar-refractivity contribution < 1.29 is 28.2 Å². The number of alkyl halides is 2. The highest BCUT2D eigenvalue weighted by Crippen LogP contribution is 2.21. The molecule has 0 saturated carbocycles. The summed E-state index contributed by atoms with van der Waals surface area (Å²) in [5.74, 6) is -4.51. The quantitative estimate of drug-likeness (QED) is 0.859. The number of hydrogen-bond acceptors (Lipinski definition) is 4. The van der Waals surface area contributed by atoms with Gasteiger partial charge in [-0.25, -0.2) is 13.6 Å². The molecule has 1 N–H and O–H groups in total. The highest BCUT2D eigenvalue weighted by atomic mass is 19.3. The topological polar surface area (TPSA) is 68.7 Å². The molecule has 1 rings (SSSR count). The van der Waals surface area contributed by atoms with Gasteiger partial charge < -0.3 is 14.6 Å². The third kappa shape index (κ3) is 3.86. The summed E-state index contributed by atoms with van der Waals surface area (Å²) in [6.07, 6.45) is 0. The second-order valence-electron chi connectivity index (χ2n) is 3.37. The number of carboxylic acid groups (broad SMARTS) is 1. The van der Waals surface area contributed by atoms with Gasteiger partial charge >= 0.3 is 5.97 Å². The van der Waals surface area contributed by atoms with E-state index in [2.05, 4.69) is 4.98 Å². The SMILES string of the molecule is COc1nc(OCC(C)(F)F)ccc1C(=O)O.